The van der Waals surface area contributed by atoms with Gasteiger partial charge in [0, 0.05) is 51.9 Å². The second-order valence-corrected chi connectivity index (χ2v) is 6.67. The molecule has 1 aromatic heterocycles. The third-order valence-electron chi connectivity index (χ3n) is 5.12. The van der Waals surface area contributed by atoms with Crippen molar-refractivity contribution in [1.29, 1.82) is 0 Å². The molecule has 5 heteroatoms. The predicted molar refractivity (Wildman–Crippen MR) is 101 cm³/mol. The van der Waals surface area contributed by atoms with Crippen LogP contribution in [0.25, 0.3) is 11.0 Å². The number of aromatic nitrogens is 2. The van der Waals surface area contributed by atoms with Gasteiger partial charge in [0.25, 0.3) is 0 Å². The van der Waals surface area contributed by atoms with E-state index >= 15 is 0 Å². The number of benzene rings is 2. The van der Waals surface area contributed by atoms with Crippen molar-refractivity contribution < 1.29 is 5.11 Å². The highest BCUT2D eigenvalue weighted by Gasteiger charge is 2.18. The highest BCUT2D eigenvalue weighted by Crippen LogP contribution is 2.20. The average molecular weight is 336 g/mol. The van der Waals surface area contributed by atoms with Gasteiger partial charge in [-0.1, -0.05) is 12.1 Å². The van der Waals surface area contributed by atoms with E-state index in [-0.39, 0.29) is 0 Å². The third-order valence-corrected chi connectivity index (χ3v) is 5.12. The number of rotatable bonds is 4. The number of anilines is 1. The van der Waals surface area contributed by atoms with Crippen LogP contribution in [0.1, 0.15) is 5.82 Å². The lowest BCUT2D eigenvalue weighted by Crippen LogP contribution is -2.47. The Morgan fingerprint density at radius 1 is 0.960 bits per heavy atom. The fraction of sp³-hybridized carbons (Fsp3) is 0.350. The van der Waals surface area contributed by atoms with Gasteiger partial charge in [-0.05, 0) is 36.4 Å². The molecule has 5 nitrogen and oxygen atoms in total. The zero-order valence-electron chi connectivity index (χ0n) is 14.6. The van der Waals surface area contributed by atoms with Crippen molar-refractivity contribution in [3.05, 3.63) is 54.4 Å². The first-order valence-corrected chi connectivity index (χ1v) is 8.87. The summed E-state index contributed by atoms with van der Waals surface area (Å²) in [5.74, 6) is 1.48. The first kappa shape index (κ1) is 16.0. The lowest BCUT2D eigenvalue weighted by molar-refractivity contribution is 0.259. The van der Waals surface area contributed by atoms with Crippen LogP contribution >= 0.6 is 0 Å². The molecule has 1 saturated heterocycles. The number of fused-ring (bicyclic) bond motifs is 1. The lowest BCUT2D eigenvalue weighted by atomic mass is 10.2. The van der Waals surface area contributed by atoms with Gasteiger partial charge in [-0.2, -0.15) is 0 Å². The Balaban J connectivity index is 1.34. The molecule has 1 N–H and O–H groups in total. The Bertz CT molecular complexity index is 848. The van der Waals surface area contributed by atoms with Gasteiger partial charge in [-0.25, -0.2) is 4.98 Å². The number of imidazole rings is 1. The van der Waals surface area contributed by atoms with Gasteiger partial charge in [0.05, 0.1) is 11.0 Å². The number of phenols is 1. The SMILES string of the molecule is Cn1c(CCN2CCN(c3ccc(O)cc3)CC2)nc2ccccc21. The second-order valence-electron chi connectivity index (χ2n) is 6.67. The molecule has 0 unspecified atom stereocenters. The standard InChI is InChI=1S/C20H24N4O/c1-22-19-5-3-2-4-18(19)21-20(22)10-11-23-12-14-24(15-13-23)16-6-8-17(25)9-7-16/h2-9,25H,10-15H2,1H3. The summed E-state index contributed by atoms with van der Waals surface area (Å²) in [6, 6.07) is 15.8. The van der Waals surface area contributed by atoms with Gasteiger partial charge >= 0.3 is 0 Å². The first-order valence-electron chi connectivity index (χ1n) is 8.87. The van der Waals surface area contributed by atoms with E-state index in [9.17, 15) is 5.11 Å². The maximum Gasteiger partial charge on any atom is 0.115 e. The third kappa shape index (κ3) is 3.33. The Morgan fingerprint density at radius 3 is 2.40 bits per heavy atom. The van der Waals surface area contributed by atoms with Gasteiger partial charge in [-0.3, -0.25) is 4.90 Å². The van der Waals surface area contributed by atoms with Gasteiger partial charge in [0.15, 0.2) is 0 Å². The zero-order chi connectivity index (χ0) is 17.2. The van der Waals surface area contributed by atoms with Gasteiger partial charge in [0.1, 0.15) is 11.6 Å². The van der Waals surface area contributed by atoms with Crippen LogP contribution in [0.3, 0.4) is 0 Å². The molecule has 25 heavy (non-hydrogen) atoms. The fourth-order valence-corrected chi connectivity index (χ4v) is 3.57. The topological polar surface area (TPSA) is 44.5 Å². The minimum Gasteiger partial charge on any atom is -0.508 e. The van der Waals surface area contributed by atoms with Crippen molar-refractivity contribution in [2.75, 3.05) is 37.6 Å². The highest BCUT2D eigenvalue weighted by atomic mass is 16.3. The number of phenolic OH excluding ortho intramolecular Hbond substituents is 1. The summed E-state index contributed by atoms with van der Waals surface area (Å²) < 4.78 is 2.21. The second kappa shape index (κ2) is 6.76. The van der Waals surface area contributed by atoms with Crippen LogP contribution in [0.15, 0.2) is 48.5 Å². The van der Waals surface area contributed by atoms with E-state index in [0.717, 1.165) is 50.5 Å². The van der Waals surface area contributed by atoms with Crippen molar-refractivity contribution in [2.45, 2.75) is 6.42 Å². The maximum atomic E-state index is 9.42. The van der Waals surface area contributed by atoms with Gasteiger partial charge in [0.2, 0.25) is 0 Å². The number of hydrogen-bond acceptors (Lipinski definition) is 4. The lowest BCUT2D eigenvalue weighted by Gasteiger charge is -2.36. The zero-order valence-corrected chi connectivity index (χ0v) is 14.6. The molecule has 2 aromatic carbocycles. The number of aromatic hydroxyl groups is 1. The minimum atomic E-state index is 0.324. The molecule has 4 rings (SSSR count). The molecule has 0 aliphatic carbocycles. The van der Waals surface area contributed by atoms with E-state index in [0.29, 0.717) is 5.75 Å². The van der Waals surface area contributed by atoms with Crippen molar-refractivity contribution >= 4 is 16.7 Å². The van der Waals surface area contributed by atoms with Gasteiger partial charge in [-0.15, -0.1) is 0 Å². The first-order chi connectivity index (χ1) is 12.2. The molecule has 1 fully saturated rings. The summed E-state index contributed by atoms with van der Waals surface area (Å²) in [5.41, 5.74) is 3.47. The summed E-state index contributed by atoms with van der Waals surface area (Å²) in [6.07, 6.45) is 0.977. The average Bonchev–Trinajstić information content (AvgIpc) is 2.97. The van der Waals surface area contributed by atoms with Crippen LogP contribution in [0.5, 0.6) is 5.75 Å². The molecule has 1 aliphatic heterocycles. The molecule has 2 heterocycles. The van der Waals surface area contributed by atoms with Crippen LogP contribution < -0.4 is 4.90 Å². The van der Waals surface area contributed by atoms with Crippen LogP contribution in [-0.4, -0.2) is 52.3 Å². The van der Waals surface area contributed by atoms with Crippen LogP contribution in [0.2, 0.25) is 0 Å². The normalized spacial score (nSPS) is 15.8. The number of para-hydroxylation sites is 2. The van der Waals surface area contributed by atoms with E-state index < -0.39 is 0 Å². The van der Waals surface area contributed by atoms with Gasteiger partial charge < -0.3 is 14.6 Å². The molecule has 0 radical (unpaired) electrons. The number of hydrogen-bond donors (Lipinski definition) is 1. The Labute approximate surface area is 148 Å². The molecule has 130 valence electrons. The molecule has 3 aromatic rings. The van der Waals surface area contributed by atoms with E-state index in [1.165, 1.54) is 11.2 Å². The highest BCUT2D eigenvalue weighted by molar-refractivity contribution is 5.75. The minimum absolute atomic E-state index is 0.324. The van der Waals surface area contributed by atoms with Crippen molar-refractivity contribution in [2.24, 2.45) is 7.05 Å². The summed E-state index contributed by atoms with van der Waals surface area (Å²) >= 11 is 0. The Hall–Kier alpha value is -2.53. The number of nitrogens with zero attached hydrogens (tertiary/aromatic N) is 4. The van der Waals surface area contributed by atoms with Crippen molar-refractivity contribution in [3.63, 3.8) is 0 Å². The van der Waals surface area contributed by atoms with Crippen LogP contribution in [-0.2, 0) is 13.5 Å². The van der Waals surface area contributed by atoms with E-state index in [4.69, 9.17) is 4.98 Å². The van der Waals surface area contributed by atoms with Crippen molar-refractivity contribution in [3.8, 4) is 5.75 Å². The smallest absolute Gasteiger partial charge is 0.115 e. The number of piperazine rings is 1. The summed E-state index contributed by atoms with van der Waals surface area (Å²) in [4.78, 5) is 9.66. The molecule has 0 amide bonds. The van der Waals surface area contributed by atoms with Crippen LogP contribution in [0, 0.1) is 0 Å². The van der Waals surface area contributed by atoms with E-state index in [1.807, 2.05) is 18.2 Å². The summed E-state index contributed by atoms with van der Waals surface area (Å²) in [6.45, 7) is 5.21. The Morgan fingerprint density at radius 2 is 1.68 bits per heavy atom. The monoisotopic (exact) mass is 336 g/mol. The Kier molecular flexibility index (Phi) is 4.32. The van der Waals surface area contributed by atoms with Crippen LogP contribution in [0.4, 0.5) is 5.69 Å². The molecular weight excluding hydrogens is 312 g/mol. The number of aryl methyl sites for hydroxylation is 1. The quantitative estimate of drug-likeness (QED) is 0.795. The molecule has 0 bridgehead atoms. The fourth-order valence-electron chi connectivity index (χ4n) is 3.57. The summed E-state index contributed by atoms with van der Waals surface area (Å²) in [5, 5.41) is 9.42. The molecule has 0 atom stereocenters. The van der Waals surface area contributed by atoms with E-state index in [2.05, 4.69) is 39.6 Å². The molecular formula is C20H24N4O. The maximum absolute atomic E-state index is 9.42. The predicted octanol–water partition coefficient (Wildman–Crippen LogP) is 2.64. The van der Waals surface area contributed by atoms with Crippen molar-refractivity contribution in [1.82, 2.24) is 14.5 Å². The molecule has 0 spiro atoms. The van der Waals surface area contributed by atoms with E-state index in [1.54, 1.807) is 12.1 Å². The largest absolute Gasteiger partial charge is 0.508 e. The molecule has 0 saturated carbocycles. The summed E-state index contributed by atoms with van der Waals surface area (Å²) in [7, 11) is 2.10. The molecule has 1 aliphatic rings.